The van der Waals surface area contributed by atoms with E-state index in [0.29, 0.717) is 0 Å². The summed E-state index contributed by atoms with van der Waals surface area (Å²) in [6.07, 6.45) is 3.36. The Balaban J connectivity index is 2.37. The second kappa shape index (κ2) is 3.77. The summed E-state index contributed by atoms with van der Waals surface area (Å²) in [4.78, 5) is 13.0. The van der Waals surface area contributed by atoms with Crippen molar-refractivity contribution < 1.29 is 9.53 Å². The minimum Gasteiger partial charge on any atom is -0.452 e. The Hall–Kier alpha value is -1.77. The molecule has 1 aromatic rings. The third-order valence-corrected chi connectivity index (χ3v) is 2.66. The molecule has 0 saturated heterocycles. The summed E-state index contributed by atoms with van der Waals surface area (Å²) in [6, 6.07) is 8.06. The SMILES string of the molecule is COC(=O)N1C=Cc2ccccc2C1C. The molecule has 1 unspecified atom stereocenters. The maximum atomic E-state index is 11.4. The van der Waals surface area contributed by atoms with Crippen LogP contribution in [-0.4, -0.2) is 18.1 Å². The smallest absolute Gasteiger partial charge is 0.414 e. The predicted octanol–water partition coefficient (Wildman–Crippen LogP) is 2.80. The zero-order chi connectivity index (χ0) is 10.8. The largest absolute Gasteiger partial charge is 0.452 e. The van der Waals surface area contributed by atoms with Crippen molar-refractivity contribution in [2.45, 2.75) is 13.0 Å². The lowest BCUT2D eigenvalue weighted by molar-refractivity contribution is 0.128. The van der Waals surface area contributed by atoms with Crippen LogP contribution in [0.15, 0.2) is 30.5 Å². The molecule has 0 fully saturated rings. The lowest BCUT2D eigenvalue weighted by atomic mass is 9.98. The van der Waals surface area contributed by atoms with E-state index >= 15 is 0 Å². The van der Waals surface area contributed by atoms with Gasteiger partial charge in [-0.2, -0.15) is 0 Å². The highest BCUT2D eigenvalue weighted by Gasteiger charge is 2.24. The van der Waals surface area contributed by atoms with Crippen LogP contribution in [0.2, 0.25) is 0 Å². The van der Waals surface area contributed by atoms with Crippen LogP contribution in [0.1, 0.15) is 24.1 Å². The summed E-state index contributed by atoms with van der Waals surface area (Å²) in [7, 11) is 1.39. The number of carbonyl (C=O) groups excluding carboxylic acids is 1. The molecule has 1 atom stereocenters. The predicted molar refractivity (Wildman–Crippen MR) is 58.1 cm³/mol. The van der Waals surface area contributed by atoms with Gasteiger partial charge in [0, 0.05) is 6.20 Å². The van der Waals surface area contributed by atoms with Gasteiger partial charge in [0.25, 0.3) is 0 Å². The van der Waals surface area contributed by atoms with Gasteiger partial charge in [0.2, 0.25) is 0 Å². The van der Waals surface area contributed by atoms with Gasteiger partial charge >= 0.3 is 6.09 Å². The van der Waals surface area contributed by atoms with Crippen LogP contribution in [0.3, 0.4) is 0 Å². The van der Waals surface area contributed by atoms with Crippen LogP contribution in [-0.2, 0) is 4.74 Å². The second-order valence-electron chi connectivity index (χ2n) is 3.50. The van der Waals surface area contributed by atoms with Crippen molar-refractivity contribution in [1.29, 1.82) is 0 Å². The molecular weight excluding hydrogens is 190 g/mol. The maximum Gasteiger partial charge on any atom is 0.414 e. The highest BCUT2D eigenvalue weighted by molar-refractivity contribution is 5.73. The van der Waals surface area contributed by atoms with Crippen LogP contribution in [0.5, 0.6) is 0 Å². The van der Waals surface area contributed by atoms with E-state index in [1.54, 1.807) is 11.1 Å². The first kappa shape index (κ1) is 9.77. The normalized spacial score (nSPS) is 18.5. The van der Waals surface area contributed by atoms with Crippen molar-refractivity contribution in [2.75, 3.05) is 7.11 Å². The molecule has 3 nitrogen and oxygen atoms in total. The molecule has 1 heterocycles. The van der Waals surface area contributed by atoms with Gasteiger partial charge < -0.3 is 4.74 Å². The van der Waals surface area contributed by atoms with Crippen LogP contribution >= 0.6 is 0 Å². The summed E-state index contributed by atoms with van der Waals surface area (Å²) < 4.78 is 4.71. The van der Waals surface area contributed by atoms with Gasteiger partial charge in [0.15, 0.2) is 0 Å². The Morgan fingerprint density at radius 2 is 2.13 bits per heavy atom. The molecule has 78 valence electrons. The molecule has 1 aliphatic rings. The number of carbonyl (C=O) groups is 1. The van der Waals surface area contributed by atoms with Crippen LogP contribution < -0.4 is 0 Å². The number of nitrogens with zero attached hydrogens (tertiary/aromatic N) is 1. The Bertz CT molecular complexity index is 412. The molecule has 0 bridgehead atoms. The maximum absolute atomic E-state index is 11.4. The molecule has 0 aromatic heterocycles. The van der Waals surface area contributed by atoms with Crippen molar-refractivity contribution >= 4 is 12.2 Å². The zero-order valence-electron chi connectivity index (χ0n) is 8.81. The van der Waals surface area contributed by atoms with E-state index in [2.05, 4.69) is 0 Å². The minimum atomic E-state index is -0.326. The zero-order valence-corrected chi connectivity index (χ0v) is 8.81. The Morgan fingerprint density at radius 3 is 2.87 bits per heavy atom. The van der Waals surface area contributed by atoms with Crippen molar-refractivity contribution in [3.63, 3.8) is 0 Å². The van der Waals surface area contributed by atoms with E-state index in [-0.39, 0.29) is 12.1 Å². The fourth-order valence-corrected chi connectivity index (χ4v) is 1.81. The molecule has 15 heavy (non-hydrogen) atoms. The van der Waals surface area contributed by atoms with Crippen molar-refractivity contribution in [1.82, 2.24) is 4.90 Å². The fraction of sp³-hybridized carbons (Fsp3) is 0.250. The Labute approximate surface area is 89.0 Å². The lowest BCUT2D eigenvalue weighted by Gasteiger charge is -2.29. The molecule has 0 radical (unpaired) electrons. The van der Waals surface area contributed by atoms with Crippen LogP contribution in [0.4, 0.5) is 4.79 Å². The number of methoxy groups -OCH3 is 1. The number of hydrogen-bond donors (Lipinski definition) is 0. The number of hydrogen-bond acceptors (Lipinski definition) is 2. The Morgan fingerprint density at radius 1 is 1.40 bits per heavy atom. The van der Waals surface area contributed by atoms with Crippen molar-refractivity contribution in [3.05, 3.63) is 41.6 Å². The molecular formula is C12H13NO2. The molecule has 0 N–H and O–H groups in total. The second-order valence-corrected chi connectivity index (χ2v) is 3.50. The molecule has 2 rings (SSSR count). The summed E-state index contributed by atoms with van der Waals surface area (Å²) in [5, 5.41) is 0. The van der Waals surface area contributed by atoms with Crippen molar-refractivity contribution in [2.24, 2.45) is 0 Å². The first-order valence-corrected chi connectivity index (χ1v) is 4.87. The van der Waals surface area contributed by atoms with E-state index in [4.69, 9.17) is 4.74 Å². The molecule has 0 aliphatic carbocycles. The van der Waals surface area contributed by atoms with E-state index in [0.717, 1.165) is 11.1 Å². The summed E-state index contributed by atoms with van der Waals surface area (Å²) in [6.45, 7) is 1.99. The number of amides is 1. The topological polar surface area (TPSA) is 29.5 Å². The average molecular weight is 203 g/mol. The number of benzene rings is 1. The highest BCUT2D eigenvalue weighted by Crippen LogP contribution is 2.29. The number of rotatable bonds is 0. The van der Waals surface area contributed by atoms with Crippen molar-refractivity contribution in [3.8, 4) is 0 Å². The standard InChI is InChI=1S/C12H13NO2/c1-9-11-6-4-3-5-10(11)7-8-13(9)12(14)15-2/h3-9H,1-2H3. The monoisotopic (exact) mass is 203 g/mol. The first-order chi connectivity index (χ1) is 7.24. The third kappa shape index (κ3) is 1.61. The fourth-order valence-electron chi connectivity index (χ4n) is 1.81. The average Bonchev–Trinajstić information content (AvgIpc) is 2.29. The van der Waals surface area contributed by atoms with Gasteiger partial charge in [0.1, 0.15) is 0 Å². The van der Waals surface area contributed by atoms with Gasteiger partial charge in [-0.25, -0.2) is 4.79 Å². The summed E-state index contributed by atoms with van der Waals surface area (Å²) in [5.41, 5.74) is 2.30. The number of fused-ring (bicyclic) bond motifs is 1. The molecule has 1 aliphatic heterocycles. The molecule has 0 saturated carbocycles. The molecule has 3 heteroatoms. The molecule has 1 aromatic carbocycles. The van der Waals surface area contributed by atoms with E-state index in [1.165, 1.54) is 7.11 Å². The lowest BCUT2D eigenvalue weighted by Crippen LogP contribution is -2.30. The minimum absolute atomic E-state index is 0.0265. The van der Waals surface area contributed by atoms with E-state index < -0.39 is 0 Å². The quantitative estimate of drug-likeness (QED) is 0.648. The van der Waals surface area contributed by atoms with Crippen LogP contribution in [0, 0.1) is 0 Å². The van der Waals surface area contributed by atoms with E-state index in [9.17, 15) is 4.79 Å². The van der Waals surface area contributed by atoms with Gasteiger partial charge in [-0.1, -0.05) is 24.3 Å². The van der Waals surface area contributed by atoms with Crippen LogP contribution in [0.25, 0.3) is 6.08 Å². The molecule has 1 amide bonds. The van der Waals surface area contributed by atoms with Gasteiger partial charge in [-0.15, -0.1) is 0 Å². The summed E-state index contributed by atoms with van der Waals surface area (Å²) in [5.74, 6) is 0. The van der Waals surface area contributed by atoms with Gasteiger partial charge in [-0.3, -0.25) is 4.90 Å². The Kier molecular flexibility index (Phi) is 2.46. The van der Waals surface area contributed by atoms with Gasteiger partial charge in [0.05, 0.1) is 13.2 Å². The first-order valence-electron chi connectivity index (χ1n) is 4.87. The highest BCUT2D eigenvalue weighted by atomic mass is 16.5. The molecule has 0 spiro atoms. The third-order valence-electron chi connectivity index (χ3n) is 2.66. The number of ether oxygens (including phenoxy) is 1. The van der Waals surface area contributed by atoms with E-state index in [1.807, 2.05) is 37.3 Å². The van der Waals surface area contributed by atoms with Gasteiger partial charge in [-0.05, 0) is 24.1 Å². The summed E-state index contributed by atoms with van der Waals surface area (Å²) >= 11 is 0.